The van der Waals surface area contributed by atoms with E-state index in [0.717, 1.165) is 33.5 Å². The van der Waals surface area contributed by atoms with Crippen LogP contribution in [0.2, 0.25) is 0 Å². The minimum absolute atomic E-state index is 0.0533. The van der Waals surface area contributed by atoms with Crippen LogP contribution in [0, 0.1) is 0 Å². The Bertz CT molecular complexity index is 1270. The van der Waals surface area contributed by atoms with E-state index in [4.69, 9.17) is 10.2 Å². The van der Waals surface area contributed by atoms with E-state index >= 15 is 0 Å². The molecule has 0 fully saturated rings. The monoisotopic (exact) mass is 373 g/mol. The van der Waals surface area contributed by atoms with Gasteiger partial charge in [-0.2, -0.15) is 15.3 Å². The summed E-state index contributed by atoms with van der Waals surface area (Å²) < 4.78 is 3.60. The number of rotatable bonds is 5. The molecule has 0 amide bonds. The molecule has 0 aliphatic heterocycles. The second kappa shape index (κ2) is 6.58. The van der Waals surface area contributed by atoms with Gasteiger partial charge >= 0.3 is 0 Å². The quantitative estimate of drug-likeness (QED) is 0.494. The Morgan fingerprint density at radius 2 is 2.07 bits per heavy atom. The second-order valence-electron chi connectivity index (χ2n) is 6.83. The molecule has 4 heterocycles. The van der Waals surface area contributed by atoms with Crippen LogP contribution in [0.15, 0.2) is 55.1 Å². The number of aromatic amines is 1. The zero-order valence-corrected chi connectivity index (χ0v) is 15.3. The molecule has 1 aromatic carbocycles. The molecule has 0 aliphatic rings. The van der Waals surface area contributed by atoms with E-state index in [0.29, 0.717) is 6.54 Å². The molecule has 0 saturated heterocycles. The number of nitrogens with zero attached hydrogens (tertiary/aromatic N) is 6. The molecule has 140 valence electrons. The summed E-state index contributed by atoms with van der Waals surface area (Å²) >= 11 is 0. The predicted molar refractivity (Wildman–Crippen MR) is 105 cm³/mol. The molecule has 28 heavy (non-hydrogen) atoms. The average molecular weight is 373 g/mol. The maximum absolute atomic E-state index is 9.08. The van der Waals surface area contributed by atoms with Crippen LogP contribution in [0.25, 0.3) is 27.8 Å². The second-order valence-corrected chi connectivity index (χ2v) is 6.83. The van der Waals surface area contributed by atoms with Crippen molar-refractivity contribution in [3.63, 3.8) is 0 Å². The Hall–Kier alpha value is -3.52. The van der Waals surface area contributed by atoms with Crippen LogP contribution < -0.4 is 0 Å². The number of benzene rings is 1. The minimum atomic E-state index is 0.0533. The fourth-order valence-corrected chi connectivity index (χ4v) is 3.46. The highest BCUT2D eigenvalue weighted by Crippen LogP contribution is 2.27. The summed E-state index contributed by atoms with van der Waals surface area (Å²) in [6.07, 6.45) is 7.36. The summed E-state index contributed by atoms with van der Waals surface area (Å²) in [5.74, 6) is 0.120. The van der Waals surface area contributed by atoms with Crippen molar-refractivity contribution in [3.05, 3.63) is 66.4 Å². The van der Waals surface area contributed by atoms with Gasteiger partial charge in [0.2, 0.25) is 0 Å². The molecule has 4 aromatic heterocycles. The van der Waals surface area contributed by atoms with Gasteiger partial charge in [-0.05, 0) is 29.8 Å². The van der Waals surface area contributed by atoms with Crippen molar-refractivity contribution >= 4 is 16.6 Å². The van der Waals surface area contributed by atoms with Gasteiger partial charge in [0, 0.05) is 23.1 Å². The van der Waals surface area contributed by atoms with Crippen molar-refractivity contribution < 1.29 is 5.11 Å². The van der Waals surface area contributed by atoms with Crippen LogP contribution in [0.5, 0.6) is 0 Å². The Balaban J connectivity index is 1.55. The summed E-state index contributed by atoms with van der Waals surface area (Å²) in [4.78, 5) is 4.52. The van der Waals surface area contributed by atoms with Gasteiger partial charge in [-0.25, -0.2) is 9.50 Å². The third kappa shape index (κ3) is 2.74. The lowest BCUT2D eigenvalue weighted by Gasteiger charge is -2.12. The highest BCUT2D eigenvalue weighted by molar-refractivity contribution is 5.78. The van der Waals surface area contributed by atoms with Crippen molar-refractivity contribution in [2.75, 3.05) is 6.61 Å². The first-order valence-corrected chi connectivity index (χ1v) is 9.14. The lowest BCUT2D eigenvalue weighted by molar-refractivity contribution is 0.269. The Morgan fingerprint density at radius 3 is 2.96 bits per heavy atom. The molecule has 5 aromatic rings. The summed E-state index contributed by atoms with van der Waals surface area (Å²) in [5.41, 5.74) is 5.74. The van der Waals surface area contributed by atoms with Crippen molar-refractivity contribution in [3.8, 4) is 11.3 Å². The van der Waals surface area contributed by atoms with Gasteiger partial charge in [0.25, 0.3) is 0 Å². The Labute approximate surface area is 160 Å². The van der Waals surface area contributed by atoms with Crippen molar-refractivity contribution in [2.45, 2.75) is 19.4 Å². The third-order valence-corrected chi connectivity index (χ3v) is 5.05. The molecule has 0 radical (unpaired) electrons. The molecule has 8 heteroatoms. The molecule has 8 nitrogen and oxygen atoms in total. The van der Waals surface area contributed by atoms with E-state index in [-0.39, 0.29) is 12.5 Å². The van der Waals surface area contributed by atoms with Gasteiger partial charge in [0.1, 0.15) is 0 Å². The van der Waals surface area contributed by atoms with Crippen LogP contribution in [0.4, 0.5) is 0 Å². The van der Waals surface area contributed by atoms with Crippen LogP contribution in [-0.4, -0.2) is 46.3 Å². The van der Waals surface area contributed by atoms with Gasteiger partial charge in [-0.3, -0.25) is 9.78 Å². The van der Waals surface area contributed by atoms with Gasteiger partial charge < -0.3 is 5.11 Å². The molecule has 0 aliphatic carbocycles. The number of aromatic nitrogens is 7. The Morgan fingerprint density at radius 1 is 1.14 bits per heavy atom. The van der Waals surface area contributed by atoms with E-state index in [2.05, 4.69) is 39.3 Å². The van der Waals surface area contributed by atoms with E-state index < -0.39 is 0 Å². The van der Waals surface area contributed by atoms with Crippen LogP contribution in [0.3, 0.4) is 0 Å². The first-order valence-electron chi connectivity index (χ1n) is 9.14. The fraction of sp³-hybridized carbons (Fsp3) is 0.200. The summed E-state index contributed by atoms with van der Waals surface area (Å²) in [5, 5.41) is 26.3. The molecule has 5 rings (SSSR count). The fourth-order valence-electron chi connectivity index (χ4n) is 3.46. The first-order chi connectivity index (χ1) is 13.7. The van der Waals surface area contributed by atoms with Gasteiger partial charge in [0.15, 0.2) is 5.65 Å². The number of imidazole rings is 1. The molecule has 2 N–H and O–H groups in total. The van der Waals surface area contributed by atoms with Crippen molar-refractivity contribution in [1.29, 1.82) is 0 Å². The van der Waals surface area contributed by atoms with Crippen molar-refractivity contribution in [1.82, 2.24) is 34.6 Å². The van der Waals surface area contributed by atoms with Crippen LogP contribution in [0.1, 0.15) is 24.1 Å². The first kappa shape index (κ1) is 16.6. The standard InChI is InChI=1S/C20H19N7O/c1-13(14-2-3-17-15(8-14)9-22-24-17)19-11-21-20-5-4-18(25-27(19)20)16-10-23-26(12-16)6-7-28/h2-5,8-13,28H,6-7H2,1H3,(H,22,24)/t13-/m0/s1. The zero-order chi connectivity index (χ0) is 19.1. The molecule has 0 unspecified atom stereocenters. The molecule has 0 spiro atoms. The largest absolute Gasteiger partial charge is 0.394 e. The van der Waals surface area contributed by atoms with E-state index in [9.17, 15) is 0 Å². The molecule has 0 bridgehead atoms. The number of nitrogens with one attached hydrogen (secondary N) is 1. The van der Waals surface area contributed by atoms with Crippen molar-refractivity contribution in [2.24, 2.45) is 0 Å². The number of H-pyrrole nitrogens is 1. The Kier molecular flexibility index (Phi) is 3.91. The highest BCUT2D eigenvalue weighted by atomic mass is 16.3. The molecular formula is C20H19N7O. The maximum Gasteiger partial charge on any atom is 0.153 e. The number of aliphatic hydroxyl groups excluding tert-OH is 1. The number of aliphatic hydroxyl groups is 1. The molecule has 0 saturated carbocycles. The smallest absolute Gasteiger partial charge is 0.153 e. The summed E-state index contributed by atoms with van der Waals surface area (Å²) in [6, 6.07) is 10.2. The SMILES string of the molecule is C[C@@H](c1ccc2[nH]ncc2c1)c1cnc2ccc(-c3cnn(CCO)c3)nn12. The van der Waals surface area contributed by atoms with Crippen LogP contribution >= 0.6 is 0 Å². The van der Waals surface area contributed by atoms with Crippen LogP contribution in [-0.2, 0) is 6.54 Å². The van der Waals surface area contributed by atoms with Gasteiger partial charge in [-0.1, -0.05) is 13.0 Å². The third-order valence-electron chi connectivity index (χ3n) is 5.05. The van der Waals surface area contributed by atoms with Gasteiger partial charge in [0.05, 0.1) is 48.6 Å². The minimum Gasteiger partial charge on any atom is -0.394 e. The molecular weight excluding hydrogens is 354 g/mol. The maximum atomic E-state index is 9.08. The average Bonchev–Trinajstić information content (AvgIpc) is 3.45. The summed E-state index contributed by atoms with van der Waals surface area (Å²) in [6.45, 7) is 2.67. The zero-order valence-electron chi connectivity index (χ0n) is 15.3. The normalized spacial score (nSPS) is 12.8. The van der Waals surface area contributed by atoms with E-state index in [1.54, 1.807) is 10.9 Å². The summed E-state index contributed by atoms with van der Waals surface area (Å²) in [7, 11) is 0. The number of fused-ring (bicyclic) bond motifs is 2. The topological polar surface area (TPSA) is 96.9 Å². The van der Waals surface area contributed by atoms with E-state index in [1.165, 1.54) is 5.56 Å². The molecule has 1 atom stereocenters. The lowest BCUT2D eigenvalue weighted by Crippen LogP contribution is -2.04. The predicted octanol–water partition coefficient (Wildman–Crippen LogP) is 2.61. The van der Waals surface area contributed by atoms with E-state index in [1.807, 2.05) is 41.3 Å². The van der Waals surface area contributed by atoms with Gasteiger partial charge in [-0.15, -0.1) is 0 Å². The lowest BCUT2D eigenvalue weighted by atomic mass is 9.97. The highest BCUT2D eigenvalue weighted by Gasteiger charge is 2.16. The number of hydrogen-bond donors (Lipinski definition) is 2. The number of hydrogen-bond acceptors (Lipinski definition) is 5.